The van der Waals surface area contributed by atoms with E-state index in [2.05, 4.69) is 0 Å². The molecule has 33 heavy (non-hydrogen) atoms. The maximum Gasteiger partial charge on any atom is 0.416 e. The second-order valence-electron chi connectivity index (χ2n) is 7.10. The largest absolute Gasteiger partial charge is 0.416 e. The second kappa shape index (κ2) is 8.73. The van der Waals surface area contributed by atoms with E-state index >= 15 is 0 Å². The molecule has 2 aromatic carbocycles. The third-order valence-corrected chi connectivity index (χ3v) is 4.57. The summed E-state index contributed by atoms with van der Waals surface area (Å²) in [4.78, 5) is 0. The minimum absolute atomic E-state index is 0.123. The van der Waals surface area contributed by atoms with E-state index < -0.39 is 70.3 Å². The van der Waals surface area contributed by atoms with E-state index in [1.807, 2.05) is 0 Å². The Kier molecular flexibility index (Phi) is 7.09. The Morgan fingerprint density at radius 2 is 0.667 bits per heavy atom. The van der Waals surface area contributed by atoms with Gasteiger partial charge in [0.25, 0.3) is 0 Å². The van der Waals surface area contributed by atoms with Crippen molar-refractivity contribution in [1.29, 1.82) is 0 Å². The van der Waals surface area contributed by atoms with E-state index in [0.29, 0.717) is 24.3 Å². The van der Waals surface area contributed by atoms with E-state index in [-0.39, 0.29) is 12.1 Å². The maximum atomic E-state index is 13.0. The van der Waals surface area contributed by atoms with Crippen molar-refractivity contribution in [2.75, 3.05) is 0 Å². The molecule has 0 aliphatic heterocycles. The molecule has 2 aromatic rings. The number of halogens is 12. The third-order valence-electron chi connectivity index (χ3n) is 4.57. The topological polar surface area (TPSA) is 9.23 Å². The minimum Gasteiger partial charge on any atom is -0.366 e. The average molecular weight is 498 g/mol. The molecule has 1 nitrogen and oxygen atoms in total. The van der Waals surface area contributed by atoms with Crippen molar-refractivity contribution >= 4 is 0 Å². The molecule has 0 unspecified atom stereocenters. The predicted octanol–water partition coefficient (Wildman–Crippen LogP) is 8.60. The van der Waals surface area contributed by atoms with Gasteiger partial charge in [-0.15, -0.1) is 0 Å². The van der Waals surface area contributed by atoms with Gasteiger partial charge in [-0.05, 0) is 61.4 Å². The molecular weight excluding hydrogens is 484 g/mol. The first-order valence-electron chi connectivity index (χ1n) is 8.94. The molecule has 0 amide bonds. The Balaban J connectivity index is 2.46. The van der Waals surface area contributed by atoms with Gasteiger partial charge in [0.05, 0.1) is 34.5 Å². The van der Waals surface area contributed by atoms with Crippen LogP contribution in [0, 0.1) is 0 Å². The van der Waals surface area contributed by atoms with Gasteiger partial charge in [0.15, 0.2) is 0 Å². The third kappa shape index (κ3) is 6.78. The number of hydrogen-bond acceptors (Lipinski definition) is 1. The highest BCUT2D eigenvalue weighted by atomic mass is 19.4. The summed E-state index contributed by atoms with van der Waals surface area (Å²) in [5.74, 6) is 0. The predicted molar refractivity (Wildman–Crippen MR) is 90.8 cm³/mol. The van der Waals surface area contributed by atoms with Gasteiger partial charge in [0.2, 0.25) is 0 Å². The lowest BCUT2D eigenvalue weighted by Crippen LogP contribution is -2.15. The van der Waals surface area contributed by atoms with Gasteiger partial charge < -0.3 is 4.74 Å². The standard InChI is InChI=1S/C20H14F12O/c1-9(11-3-13(17(21,22)23)7-14(4-11)18(24,25)26)33-10(2)12-5-15(19(27,28)29)8-16(6-12)20(30,31)32/h3-10H,1-2H3/t9-,10-/m1/s1. The molecular formula is C20H14F12O. The molecule has 0 radical (unpaired) electrons. The van der Waals surface area contributed by atoms with Crippen molar-refractivity contribution in [3.05, 3.63) is 69.8 Å². The molecule has 0 saturated carbocycles. The van der Waals surface area contributed by atoms with Crippen LogP contribution in [0.3, 0.4) is 0 Å². The van der Waals surface area contributed by atoms with Crippen LogP contribution in [0.2, 0.25) is 0 Å². The number of benzene rings is 2. The van der Waals surface area contributed by atoms with E-state index in [4.69, 9.17) is 4.74 Å². The summed E-state index contributed by atoms with van der Waals surface area (Å²) in [6.07, 6.45) is -23.7. The number of hydrogen-bond donors (Lipinski definition) is 0. The Labute approximate surface area is 179 Å². The molecule has 0 fully saturated rings. The number of rotatable bonds is 4. The van der Waals surface area contributed by atoms with Gasteiger partial charge in [-0.3, -0.25) is 0 Å². The molecule has 0 aliphatic carbocycles. The van der Waals surface area contributed by atoms with Gasteiger partial charge in [0.1, 0.15) is 0 Å². The van der Waals surface area contributed by atoms with Crippen LogP contribution in [0.25, 0.3) is 0 Å². The van der Waals surface area contributed by atoms with Gasteiger partial charge in [-0.25, -0.2) is 0 Å². The van der Waals surface area contributed by atoms with Crippen LogP contribution in [-0.2, 0) is 29.4 Å². The molecule has 0 bridgehead atoms. The molecule has 0 N–H and O–H groups in total. The van der Waals surface area contributed by atoms with E-state index in [1.54, 1.807) is 0 Å². The van der Waals surface area contributed by atoms with Crippen molar-refractivity contribution in [1.82, 2.24) is 0 Å². The van der Waals surface area contributed by atoms with Crippen molar-refractivity contribution < 1.29 is 57.4 Å². The van der Waals surface area contributed by atoms with Crippen LogP contribution in [0.1, 0.15) is 59.4 Å². The summed E-state index contributed by atoms with van der Waals surface area (Å²) in [6, 6.07) is 1.20. The summed E-state index contributed by atoms with van der Waals surface area (Å²) in [5, 5.41) is 0. The first-order valence-corrected chi connectivity index (χ1v) is 8.94. The summed E-state index contributed by atoms with van der Waals surface area (Å²) >= 11 is 0. The zero-order chi connectivity index (χ0) is 25.6. The highest BCUT2D eigenvalue weighted by molar-refractivity contribution is 5.36. The SMILES string of the molecule is C[C@@H](O[C@H](C)c1cc(C(F)(F)F)cc(C(F)(F)F)c1)c1cc(C(F)(F)F)cc(C(F)(F)F)c1. The van der Waals surface area contributed by atoms with Crippen LogP contribution in [0.15, 0.2) is 36.4 Å². The molecule has 0 spiro atoms. The van der Waals surface area contributed by atoms with Gasteiger partial charge in [0, 0.05) is 0 Å². The minimum atomic E-state index is -5.15. The number of ether oxygens (including phenoxy) is 1. The maximum absolute atomic E-state index is 13.0. The number of alkyl halides is 12. The molecule has 184 valence electrons. The quantitative estimate of drug-likeness (QED) is 0.384. The molecule has 0 saturated heterocycles. The highest BCUT2D eigenvalue weighted by Crippen LogP contribution is 2.41. The Hall–Kier alpha value is -2.44. The fourth-order valence-corrected chi connectivity index (χ4v) is 2.89. The van der Waals surface area contributed by atoms with Crippen molar-refractivity contribution in [3.8, 4) is 0 Å². The van der Waals surface area contributed by atoms with Crippen molar-refractivity contribution in [2.45, 2.75) is 50.8 Å². The molecule has 0 aromatic heterocycles. The fourth-order valence-electron chi connectivity index (χ4n) is 2.89. The first kappa shape index (κ1) is 26.8. The summed E-state index contributed by atoms with van der Waals surface area (Å²) in [7, 11) is 0. The fraction of sp³-hybridized carbons (Fsp3) is 0.400. The van der Waals surface area contributed by atoms with Crippen LogP contribution in [0.5, 0.6) is 0 Å². The molecule has 2 rings (SSSR count). The summed E-state index contributed by atoms with van der Waals surface area (Å²) < 4.78 is 161. The Morgan fingerprint density at radius 1 is 0.455 bits per heavy atom. The zero-order valence-corrected chi connectivity index (χ0v) is 16.6. The zero-order valence-electron chi connectivity index (χ0n) is 16.6. The first-order chi connectivity index (χ1) is 14.7. The van der Waals surface area contributed by atoms with E-state index in [1.165, 1.54) is 0 Å². The van der Waals surface area contributed by atoms with Crippen molar-refractivity contribution in [3.63, 3.8) is 0 Å². The molecule has 2 atom stereocenters. The summed E-state index contributed by atoms with van der Waals surface area (Å²) in [5.41, 5.74) is -7.82. The lowest BCUT2D eigenvalue weighted by atomic mass is 10.00. The van der Waals surface area contributed by atoms with Crippen molar-refractivity contribution in [2.24, 2.45) is 0 Å². The molecule has 0 heterocycles. The second-order valence-corrected chi connectivity index (χ2v) is 7.10. The van der Waals surface area contributed by atoms with E-state index in [9.17, 15) is 52.7 Å². The van der Waals surface area contributed by atoms with Crippen LogP contribution in [0.4, 0.5) is 52.7 Å². The molecule has 0 aliphatic rings. The van der Waals surface area contributed by atoms with Gasteiger partial charge >= 0.3 is 24.7 Å². The van der Waals surface area contributed by atoms with E-state index in [0.717, 1.165) is 13.8 Å². The van der Waals surface area contributed by atoms with Crippen LogP contribution >= 0.6 is 0 Å². The van der Waals surface area contributed by atoms with Gasteiger partial charge in [-0.2, -0.15) is 52.7 Å². The van der Waals surface area contributed by atoms with Crippen LogP contribution < -0.4 is 0 Å². The highest BCUT2D eigenvalue weighted by Gasteiger charge is 2.39. The smallest absolute Gasteiger partial charge is 0.366 e. The van der Waals surface area contributed by atoms with Crippen LogP contribution in [-0.4, -0.2) is 0 Å². The Morgan fingerprint density at radius 3 is 0.848 bits per heavy atom. The summed E-state index contributed by atoms with van der Waals surface area (Å²) in [6.45, 7) is 2.04. The molecule has 13 heteroatoms. The normalized spacial score (nSPS) is 15.5. The lowest BCUT2D eigenvalue weighted by Gasteiger charge is -2.23. The lowest BCUT2D eigenvalue weighted by molar-refractivity contribution is -0.144. The average Bonchev–Trinajstić information content (AvgIpc) is 2.64. The Bertz CT molecular complexity index is 838. The van der Waals surface area contributed by atoms with Gasteiger partial charge in [-0.1, -0.05) is 0 Å². The monoisotopic (exact) mass is 498 g/mol.